The lowest BCUT2D eigenvalue weighted by Gasteiger charge is -2.16. The van der Waals surface area contributed by atoms with Gasteiger partial charge in [0.1, 0.15) is 0 Å². The zero-order valence-electron chi connectivity index (χ0n) is 12.1. The molecular weight excluding hydrogens is 283 g/mol. The summed E-state index contributed by atoms with van der Waals surface area (Å²) in [5.74, 6) is -0.511. The van der Waals surface area contributed by atoms with Crippen LogP contribution >= 0.6 is 0 Å². The summed E-state index contributed by atoms with van der Waals surface area (Å²) in [6.45, 7) is 2.69. The molecule has 0 amide bonds. The molecule has 1 aliphatic rings. The van der Waals surface area contributed by atoms with E-state index in [4.69, 9.17) is 0 Å². The average Bonchev–Trinajstić information content (AvgIpc) is 2.96. The molecule has 22 heavy (non-hydrogen) atoms. The van der Waals surface area contributed by atoms with Crippen LogP contribution in [-0.2, 0) is 6.54 Å². The van der Waals surface area contributed by atoms with Gasteiger partial charge >= 0.3 is 5.69 Å². The number of nitro groups is 1. The fourth-order valence-corrected chi connectivity index (χ4v) is 3.02. The van der Waals surface area contributed by atoms with Crippen molar-refractivity contribution in [2.75, 3.05) is 13.1 Å². The van der Waals surface area contributed by atoms with Crippen molar-refractivity contribution in [3.8, 4) is 0 Å². The molecule has 114 valence electrons. The highest BCUT2D eigenvalue weighted by atomic mass is 19.1. The number of benzene rings is 2. The first-order valence-corrected chi connectivity index (χ1v) is 7.33. The number of hydrogen-bond donors (Lipinski definition) is 0. The maximum atomic E-state index is 13.7. The van der Waals surface area contributed by atoms with Crippen molar-refractivity contribution in [2.45, 2.75) is 18.9 Å². The van der Waals surface area contributed by atoms with Gasteiger partial charge in [0.2, 0.25) is 5.82 Å². The second-order valence-corrected chi connectivity index (χ2v) is 5.67. The van der Waals surface area contributed by atoms with Crippen molar-refractivity contribution < 1.29 is 9.31 Å². The number of nitrogens with zero attached hydrogens (tertiary/aromatic N) is 2. The minimum Gasteiger partial charge on any atom is -0.298 e. The van der Waals surface area contributed by atoms with Gasteiger partial charge in [0.25, 0.3) is 0 Å². The van der Waals surface area contributed by atoms with E-state index in [1.807, 2.05) is 18.2 Å². The maximum Gasteiger partial charge on any atom is 0.304 e. The Labute approximate surface area is 128 Å². The van der Waals surface area contributed by atoms with E-state index in [0.29, 0.717) is 0 Å². The van der Waals surface area contributed by atoms with E-state index in [2.05, 4.69) is 17.0 Å². The monoisotopic (exact) mass is 300 g/mol. The van der Waals surface area contributed by atoms with Crippen molar-refractivity contribution in [3.63, 3.8) is 0 Å². The van der Waals surface area contributed by atoms with E-state index in [-0.39, 0.29) is 5.92 Å². The molecule has 0 aliphatic carbocycles. The van der Waals surface area contributed by atoms with Gasteiger partial charge in [-0.25, -0.2) is 0 Å². The molecule has 0 N–H and O–H groups in total. The number of nitro benzene ring substituents is 1. The van der Waals surface area contributed by atoms with Gasteiger partial charge in [-0.3, -0.25) is 15.0 Å². The maximum absolute atomic E-state index is 13.7. The van der Waals surface area contributed by atoms with Gasteiger partial charge in [0, 0.05) is 19.2 Å². The molecule has 1 atom stereocenters. The van der Waals surface area contributed by atoms with Gasteiger partial charge < -0.3 is 0 Å². The molecular formula is C17H17FN2O2. The van der Waals surface area contributed by atoms with E-state index in [1.54, 1.807) is 6.07 Å². The van der Waals surface area contributed by atoms with E-state index in [0.717, 1.165) is 31.6 Å². The highest BCUT2D eigenvalue weighted by Gasteiger charge is 2.25. The van der Waals surface area contributed by atoms with Crippen LogP contribution in [0.3, 0.4) is 0 Å². The van der Waals surface area contributed by atoms with Crippen LogP contribution in [0.2, 0.25) is 0 Å². The summed E-state index contributed by atoms with van der Waals surface area (Å²) >= 11 is 0. The van der Waals surface area contributed by atoms with Gasteiger partial charge in [-0.15, -0.1) is 0 Å². The number of hydrogen-bond acceptors (Lipinski definition) is 3. The molecule has 1 fully saturated rings. The number of halogens is 1. The molecule has 1 heterocycles. The first-order valence-electron chi connectivity index (χ1n) is 7.33. The highest BCUT2D eigenvalue weighted by molar-refractivity contribution is 5.36. The topological polar surface area (TPSA) is 46.4 Å². The summed E-state index contributed by atoms with van der Waals surface area (Å²) in [6.07, 6.45) is 0.948. The van der Waals surface area contributed by atoms with Gasteiger partial charge in [-0.1, -0.05) is 36.4 Å². The molecule has 0 radical (unpaired) electrons. The fraction of sp³-hybridized carbons (Fsp3) is 0.294. The molecule has 3 rings (SSSR count). The molecule has 4 nitrogen and oxygen atoms in total. The van der Waals surface area contributed by atoms with Crippen LogP contribution in [0.15, 0.2) is 48.5 Å². The predicted molar refractivity (Wildman–Crippen MR) is 82.1 cm³/mol. The minimum atomic E-state index is -0.746. The Bertz CT molecular complexity index is 676. The largest absolute Gasteiger partial charge is 0.304 e. The second-order valence-electron chi connectivity index (χ2n) is 5.67. The Morgan fingerprint density at radius 3 is 2.68 bits per heavy atom. The van der Waals surface area contributed by atoms with Crippen LogP contribution < -0.4 is 0 Å². The average molecular weight is 300 g/mol. The summed E-state index contributed by atoms with van der Waals surface area (Å²) < 4.78 is 13.7. The van der Waals surface area contributed by atoms with E-state index < -0.39 is 16.4 Å². The van der Waals surface area contributed by atoms with E-state index >= 15 is 0 Å². The highest BCUT2D eigenvalue weighted by Crippen LogP contribution is 2.30. The Hall–Kier alpha value is -2.27. The Balaban J connectivity index is 1.67. The van der Waals surface area contributed by atoms with Gasteiger partial charge in [0.15, 0.2) is 0 Å². The normalized spacial score (nSPS) is 18.5. The van der Waals surface area contributed by atoms with Crippen LogP contribution in [0.1, 0.15) is 23.5 Å². The lowest BCUT2D eigenvalue weighted by Crippen LogP contribution is -2.19. The quantitative estimate of drug-likeness (QED) is 0.638. The van der Waals surface area contributed by atoms with Crippen LogP contribution in [0.5, 0.6) is 0 Å². The summed E-state index contributed by atoms with van der Waals surface area (Å²) in [4.78, 5) is 12.3. The molecule has 0 spiro atoms. The molecule has 0 saturated carbocycles. The van der Waals surface area contributed by atoms with Crippen LogP contribution in [0.4, 0.5) is 10.1 Å². The lowest BCUT2D eigenvalue weighted by atomic mass is 9.98. The number of likely N-dealkylation sites (tertiary alicyclic amines) is 1. The molecule has 1 unspecified atom stereocenters. The smallest absolute Gasteiger partial charge is 0.298 e. The first-order chi connectivity index (χ1) is 10.6. The van der Waals surface area contributed by atoms with Crippen LogP contribution in [0, 0.1) is 15.9 Å². The van der Waals surface area contributed by atoms with Crippen molar-refractivity contribution in [3.05, 3.63) is 75.6 Å². The Morgan fingerprint density at radius 1 is 1.23 bits per heavy atom. The molecule has 5 heteroatoms. The van der Waals surface area contributed by atoms with Gasteiger partial charge in [-0.2, -0.15) is 4.39 Å². The minimum absolute atomic E-state index is 0.235. The van der Waals surface area contributed by atoms with Crippen molar-refractivity contribution in [2.24, 2.45) is 0 Å². The van der Waals surface area contributed by atoms with Crippen LogP contribution in [-0.4, -0.2) is 22.9 Å². The molecule has 2 aromatic rings. The predicted octanol–water partition coefficient (Wildman–Crippen LogP) is 3.72. The fourth-order valence-electron chi connectivity index (χ4n) is 3.02. The third-order valence-electron chi connectivity index (χ3n) is 4.16. The Kier molecular flexibility index (Phi) is 4.15. The SMILES string of the molecule is O=[N+]([O-])c1ccc(C2CCN(Cc3ccccc3)C2)cc1F. The molecule has 2 aromatic carbocycles. The number of rotatable bonds is 4. The summed E-state index contributed by atoms with van der Waals surface area (Å²) in [6, 6.07) is 14.5. The molecule has 0 aromatic heterocycles. The van der Waals surface area contributed by atoms with E-state index in [9.17, 15) is 14.5 Å². The zero-order chi connectivity index (χ0) is 15.5. The first kappa shape index (κ1) is 14.7. The van der Waals surface area contributed by atoms with Gasteiger partial charge in [-0.05, 0) is 36.1 Å². The molecule has 1 aliphatic heterocycles. The zero-order valence-corrected chi connectivity index (χ0v) is 12.1. The molecule has 1 saturated heterocycles. The third-order valence-corrected chi connectivity index (χ3v) is 4.16. The van der Waals surface area contributed by atoms with Crippen molar-refractivity contribution in [1.29, 1.82) is 0 Å². The van der Waals surface area contributed by atoms with Crippen LogP contribution in [0.25, 0.3) is 0 Å². The second kappa shape index (κ2) is 6.23. The van der Waals surface area contributed by atoms with Crippen molar-refractivity contribution >= 4 is 5.69 Å². The summed E-state index contributed by atoms with van der Waals surface area (Å²) in [5, 5.41) is 10.7. The Morgan fingerprint density at radius 2 is 2.00 bits per heavy atom. The summed E-state index contributed by atoms with van der Waals surface area (Å²) in [5.41, 5.74) is 1.65. The lowest BCUT2D eigenvalue weighted by molar-refractivity contribution is -0.387. The standard InChI is InChI=1S/C17H17FN2O2/c18-16-10-14(6-7-17(16)20(21)22)15-8-9-19(12-15)11-13-4-2-1-3-5-13/h1-7,10,15H,8-9,11-12H2. The third kappa shape index (κ3) is 3.14. The van der Waals surface area contributed by atoms with E-state index in [1.165, 1.54) is 17.7 Å². The molecule has 0 bridgehead atoms. The van der Waals surface area contributed by atoms with Crippen molar-refractivity contribution in [1.82, 2.24) is 4.90 Å². The summed E-state index contributed by atoms with van der Waals surface area (Å²) in [7, 11) is 0. The van der Waals surface area contributed by atoms with Gasteiger partial charge in [0.05, 0.1) is 4.92 Å².